The molecule has 1 aromatic rings. The molecule has 0 radical (unpaired) electrons. The molecule has 1 rings (SSSR count). The van der Waals surface area contributed by atoms with Gasteiger partial charge < -0.3 is 5.11 Å². The number of thiazole rings is 1. The first-order valence-corrected chi connectivity index (χ1v) is 5.05. The fraction of sp³-hybridized carbons (Fsp3) is 0.500. The molecule has 0 amide bonds. The number of rotatable bonds is 1. The van der Waals surface area contributed by atoms with Crippen LogP contribution in [0.5, 0.6) is 0 Å². The molecule has 0 aromatic carbocycles. The molecule has 2 nitrogen and oxygen atoms in total. The SMILES string of the molecule is CC(C)C#CC(C)(O)c1nccs1. The van der Waals surface area contributed by atoms with Crippen molar-refractivity contribution in [3.8, 4) is 11.8 Å². The Morgan fingerprint density at radius 3 is 2.77 bits per heavy atom. The zero-order chi connectivity index (χ0) is 9.90. The van der Waals surface area contributed by atoms with Crippen molar-refractivity contribution in [2.75, 3.05) is 0 Å². The first kappa shape index (κ1) is 10.2. The predicted octanol–water partition coefficient (Wildman–Crippen LogP) is 2.01. The largest absolute Gasteiger partial charge is 0.371 e. The molecular formula is C10H13NOS. The van der Waals surface area contributed by atoms with Gasteiger partial charge in [0.2, 0.25) is 0 Å². The van der Waals surface area contributed by atoms with Crippen LogP contribution in [-0.2, 0) is 5.60 Å². The fourth-order valence-corrected chi connectivity index (χ4v) is 1.46. The Labute approximate surface area is 82.6 Å². The highest BCUT2D eigenvalue weighted by atomic mass is 32.1. The van der Waals surface area contributed by atoms with E-state index in [9.17, 15) is 5.11 Å². The molecule has 1 unspecified atom stereocenters. The van der Waals surface area contributed by atoms with E-state index in [1.165, 1.54) is 11.3 Å². The summed E-state index contributed by atoms with van der Waals surface area (Å²) >= 11 is 1.42. The number of nitrogens with zero attached hydrogens (tertiary/aromatic N) is 1. The van der Waals surface area contributed by atoms with Crippen LogP contribution >= 0.6 is 11.3 Å². The Kier molecular flexibility index (Phi) is 3.07. The molecule has 0 aliphatic carbocycles. The molecule has 0 fully saturated rings. The minimum atomic E-state index is -1.10. The molecule has 1 aromatic heterocycles. The van der Waals surface area contributed by atoms with Crippen molar-refractivity contribution in [1.82, 2.24) is 4.98 Å². The van der Waals surface area contributed by atoms with E-state index < -0.39 is 5.60 Å². The monoisotopic (exact) mass is 195 g/mol. The maximum absolute atomic E-state index is 9.90. The van der Waals surface area contributed by atoms with E-state index in [-0.39, 0.29) is 5.92 Å². The summed E-state index contributed by atoms with van der Waals surface area (Å²) in [6, 6.07) is 0. The molecule has 1 atom stereocenters. The summed E-state index contributed by atoms with van der Waals surface area (Å²) in [5.41, 5.74) is -1.10. The lowest BCUT2D eigenvalue weighted by Crippen LogP contribution is -2.18. The van der Waals surface area contributed by atoms with Gasteiger partial charge in [0.05, 0.1) is 0 Å². The molecule has 0 saturated carbocycles. The topological polar surface area (TPSA) is 33.1 Å². The van der Waals surface area contributed by atoms with Gasteiger partial charge in [-0.15, -0.1) is 11.3 Å². The van der Waals surface area contributed by atoms with Gasteiger partial charge in [0.1, 0.15) is 5.01 Å². The molecular weight excluding hydrogens is 182 g/mol. The average molecular weight is 195 g/mol. The molecule has 13 heavy (non-hydrogen) atoms. The van der Waals surface area contributed by atoms with E-state index in [1.807, 2.05) is 19.2 Å². The number of aliphatic hydroxyl groups is 1. The minimum Gasteiger partial charge on any atom is -0.371 e. The summed E-state index contributed by atoms with van der Waals surface area (Å²) in [6.07, 6.45) is 1.67. The lowest BCUT2D eigenvalue weighted by molar-refractivity contribution is 0.121. The number of hydrogen-bond acceptors (Lipinski definition) is 3. The van der Waals surface area contributed by atoms with Crippen molar-refractivity contribution in [1.29, 1.82) is 0 Å². The van der Waals surface area contributed by atoms with Gasteiger partial charge in [-0.1, -0.05) is 25.7 Å². The molecule has 3 heteroatoms. The summed E-state index contributed by atoms with van der Waals surface area (Å²) in [7, 11) is 0. The van der Waals surface area contributed by atoms with E-state index in [0.29, 0.717) is 5.01 Å². The smallest absolute Gasteiger partial charge is 0.174 e. The van der Waals surface area contributed by atoms with Gasteiger partial charge >= 0.3 is 0 Å². The Morgan fingerprint density at radius 1 is 1.62 bits per heavy atom. The van der Waals surface area contributed by atoms with Gasteiger partial charge in [0, 0.05) is 17.5 Å². The van der Waals surface area contributed by atoms with Gasteiger partial charge in [-0.05, 0) is 6.92 Å². The summed E-state index contributed by atoms with van der Waals surface area (Å²) in [6.45, 7) is 5.65. The quantitative estimate of drug-likeness (QED) is 0.695. The first-order valence-electron chi connectivity index (χ1n) is 4.17. The third-order valence-electron chi connectivity index (χ3n) is 1.45. The maximum atomic E-state index is 9.90. The van der Waals surface area contributed by atoms with Crippen molar-refractivity contribution < 1.29 is 5.11 Å². The van der Waals surface area contributed by atoms with Crippen molar-refractivity contribution in [2.45, 2.75) is 26.4 Å². The summed E-state index contributed by atoms with van der Waals surface area (Å²) < 4.78 is 0. The molecule has 1 N–H and O–H groups in total. The van der Waals surface area contributed by atoms with E-state index in [2.05, 4.69) is 16.8 Å². The van der Waals surface area contributed by atoms with Gasteiger partial charge in [-0.25, -0.2) is 4.98 Å². The number of hydrogen-bond donors (Lipinski definition) is 1. The normalized spacial score (nSPS) is 14.8. The third kappa shape index (κ3) is 2.83. The van der Waals surface area contributed by atoms with Gasteiger partial charge in [-0.3, -0.25) is 0 Å². The molecule has 0 saturated heterocycles. The van der Waals surface area contributed by atoms with Crippen LogP contribution in [0.1, 0.15) is 25.8 Å². The van der Waals surface area contributed by atoms with Crippen LogP contribution in [0.3, 0.4) is 0 Å². The van der Waals surface area contributed by atoms with Crippen molar-refractivity contribution >= 4 is 11.3 Å². The highest BCUT2D eigenvalue weighted by Crippen LogP contribution is 2.21. The second-order valence-corrected chi connectivity index (χ2v) is 4.23. The Balaban J connectivity index is 2.86. The zero-order valence-corrected chi connectivity index (χ0v) is 8.85. The van der Waals surface area contributed by atoms with E-state index in [1.54, 1.807) is 13.1 Å². The van der Waals surface area contributed by atoms with Crippen LogP contribution < -0.4 is 0 Å². The predicted molar refractivity (Wildman–Crippen MR) is 54.3 cm³/mol. The van der Waals surface area contributed by atoms with E-state index >= 15 is 0 Å². The molecule has 0 bridgehead atoms. The Hall–Kier alpha value is -0.850. The van der Waals surface area contributed by atoms with Crippen molar-refractivity contribution in [3.05, 3.63) is 16.6 Å². The first-order chi connectivity index (χ1) is 6.02. The van der Waals surface area contributed by atoms with Crippen LogP contribution in [0.2, 0.25) is 0 Å². The van der Waals surface area contributed by atoms with Crippen LogP contribution in [0.4, 0.5) is 0 Å². The summed E-state index contributed by atoms with van der Waals surface area (Å²) in [5, 5.41) is 12.4. The Bertz CT molecular complexity index is 316. The van der Waals surface area contributed by atoms with Crippen LogP contribution in [0.25, 0.3) is 0 Å². The lowest BCUT2D eigenvalue weighted by Gasteiger charge is -2.12. The molecule has 70 valence electrons. The van der Waals surface area contributed by atoms with Crippen molar-refractivity contribution in [3.63, 3.8) is 0 Å². The standard InChI is InChI=1S/C10H13NOS/c1-8(2)4-5-10(3,12)9-11-6-7-13-9/h6-8,12H,1-3H3. The highest BCUT2D eigenvalue weighted by molar-refractivity contribution is 7.09. The lowest BCUT2D eigenvalue weighted by atomic mass is 10.1. The zero-order valence-electron chi connectivity index (χ0n) is 8.03. The molecule has 0 spiro atoms. The van der Waals surface area contributed by atoms with Crippen LogP contribution in [0, 0.1) is 17.8 Å². The average Bonchev–Trinajstić information content (AvgIpc) is 2.53. The second-order valence-electron chi connectivity index (χ2n) is 3.33. The highest BCUT2D eigenvalue weighted by Gasteiger charge is 2.22. The summed E-state index contributed by atoms with van der Waals surface area (Å²) in [5.74, 6) is 6.02. The Morgan fingerprint density at radius 2 is 2.31 bits per heavy atom. The molecule has 1 heterocycles. The fourth-order valence-electron chi connectivity index (χ4n) is 0.802. The van der Waals surface area contributed by atoms with E-state index in [4.69, 9.17) is 0 Å². The van der Waals surface area contributed by atoms with E-state index in [0.717, 1.165) is 0 Å². The second kappa shape index (κ2) is 3.91. The minimum absolute atomic E-state index is 0.270. The maximum Gasteiger partial charge on any atom is 0.174 e. The van der Waals surface area contributed by atoms with Gasteiger partial charge in [-0.2, -0.15) is 0 Å². The number of aromatic nitrogens is 1. The molecule has 0 aliphatic rings. The van der Waals surface area contributed by atoms with Crippen molar-refractivity contribution in [2.24, 2.45) is 5.92 Å². The van der Waals surface area contributed by atoms with Crippen LogP contribution in [0.15, 0.2) is 11.6 Å². The summed E-state index contributed by atoms with van der Waals surface area (Å²) in [4.78, 5) is 4.03. The van der Waals surface area contributed by atoms with Gasteiger partial charge in [0.25, 0.3) is 0 Å². The third-order valence-corrected chi connectivity index (χ3v) is 2.44. The molecule has 0 aliphatic heterocycles. The van der Waals surface area contributed by atoms with Crippen LogP contribution in [-0.4, -0.2) is 10.1 Å². The van der Waals surface area contributed by atoms with Gasteiger partial charge in [0.15, 0.2) is 5.60 Å².